The van der Waals surface area contributed by atoms with Gasteiger partial charge in [0.15, 0.2) is 0 Å². The Balaban J connectivity index is 1.68. The van der Waals surface area contributed by atoms with E-state index in [4.69, 9.17) is 4.42 Å². The van der Waals surface area contributed by atoms with Crippen LogP contribution in [0.5, 0.6) is 0 Å². The van der Waals surface area contributed by atoms with Gasteiger partial charge in [-0.2, -0.15) is 0 Å². The van der Waals surface area contributed by atoms with E-state index in [0.717, 1.165) is 5.56 Å². The molecule has 144 valence electrons. The number of fused-ring (bicyclic) bond motifs is 1. The molecule has 0 saturated heterocycles. The molecule has 29 heavy (non-hydrogen) atoms. The zero-order valence-electron chi connectivity index (χ0n) is 15.5. The summed E-state index contributed by atoms with van der Waals surface area (Å²) in [6.07, 6.45) is 0. The number of para-hydroxylation sites is 1. The summed E-state index contributed by atoms with van der Waals surface area (Å²) in [5.74, 6) is -1.41. The second-order valence-electron chi connectivity index (χ2n) is 6.58. The molecule has 0 aliphatic rings. The first-order valence-electron chi connectivity index (χ1n) is 8.98. The van der Waals surface area contributed by atoms with E-state index in [9.17, 15) is 14.0 Å². The van der Waals surface area contributed by atoms with E-state index in [1.54, 1.807) is 36.4 Å². The van der Waals surface area contributed by atoms with E-state index in [2.05, 4.69) is 10.6 Å². The number of halogens is 1. The van der Waals surface area contributed by atoms with Crippen molar-refractivity contribution < 1.29 is 18.4 Å². The van der Waals surface area contributed by atoms with Crippen molar-refractivity contribution in [1.82, 2.24) is 0 Å². The summed E-state index contributed by atoms with van der Waals surface area (Å²) in [6.45, 7) is 1.95. The number of nitrogens with one attached hydrogen (secondary N) is 2. The van der Waals surface area contributed by atoms with Crippen LogP contribution in [0.15, 0.2) is 77.2 Å². The number of carbonyl (C=O) groups is 2. The van der Waals surface area contributed by atoms with Crippen LogP contribution < -0.4 is 10.6 Å². The van der Waals surface area contributed by atoms with E-state index >= 15 is 0 Å². The molecule has 5 nitrogen and oxygen atoms in total. The molecule has 4 rings (SSSR count). The maximum atomic E-state index is 13.1. The van der Waals surface area contributed by atoms with E-state index in [1.165, 1.54) is 24.3 Å². The summed E-state index contributed by atoms with van der Waals surface area (Å²) in [5, 5.41) is 6.10. The van der Waals surface area contributed by atoms with Crippen molar-refractivity contribution in [3.63, 3.8) is 0 Å². The van der Waals surface area contributed by atoms with Gasteiger partial charge in [-0.25, -0.2) is 4.39 Å². The fourth-order valence-corrected chi connectivity index (χ4v) is 2.94. The lowest BCUT2D eigenvalue weighted by Crippen LogP contribution is -2.17. The van der Waals surface area contributed by atoms with Gasteiger partial charge in [0.05, 0.1) is 0 Å². The standard InChI is InChI=1S/C23H17FN2O3/c1-14-6-12-17(13-7-14)25-23(28)21-20(18-4-2-3-5-19(18)29-21)26-22(27)15-8-10-16(24)11-9-15/h2-13H,1H3,(H,25,28)(H,26,27). The van der Waals surface area contributed by atoms with E-state index < -0.39 is 17.6 Å². The Morgan fingerprint density at radius 3 is 2.24 bits per heavy atom. The lowest BCUT2D eigenvalue weighted by atomic mass is 10.1. The van der Waals surface area contributed by atoms with Crippen LogP contribution in [0.1, 0.15) is 26.5 Å². The second kappa shape index (κ2) is 7.59. The first-order valence-corrected chi connectivity index (χ1v) is 8.98. The first-order chi connectivity index (χ1) is 14.0. The number of rotatable bonds is 4. The third-order valence-corrected chi connectivity index (χ3v) is 4.46. The van der Waals surface area contributed by atoms with Crippen molar-refractivity contribution in [1.29, 1.82) is 0 Å². The Morgan fingerprint density at radius 2 is 1.52 bits per heavy atom. The number of benzene rings is 3. The van der Waals surface area contributed by atoms with Crippen LogP contribution in [0.3, 0.4) is 0 Å². The van der Waals surface area contributed by atoms with Gasteiger partial charge < -0.3 is 15.1 Å². The minimum atomic E-state index is -0.487. The molecular weight excluding hydrogens is 371 g/mol. The molecule has 4 aromatic rings. The molecule has 3 aromatic carbocycles. The number of anilines is 2. The van der Waals surface area contributed by atoms with Gasteiger partial charge in [-0.05, 0) is 55.5 Å². The number of amides is 2. The average molecular weight is 388 g/mol. The van der Waals surface area contributed by atoms with Crippen LogP contribution in [-0.2, 0) is 0 Å². The maximum Gasteiger partial charge on any atom is 0.293 e. The summed E-state index contributed by atoms with van der Waals surface area (Å²) < 4.78 is 18.9. The maximum absolute atomic E-state index is 13.1. The van der Waals surface area contributed by atoms with Gasteiger partial charge in [0, 0.05) is 16.6 Å². The molecule has 6 heteroatoms. The van der Waals surface area contributed by atoms with Crippen LogP contribution in [0.2, 0.25) is 0 Å². The lowest BCUT2D eigenvalue weighted by molar-refractivity contribution is 0.0999. The summed E-state index contributed by atoms with van der Waals surface area (Å²) in [6, 6.07) is 19.5. The molecule has 0 fully saturated rings. The Kier molecular flexibility index (Phi) is 4.83. The molecule has 0 spiro atoms. The Morgan fingerprint density at radius 1 is 0.828 bits per heavy atom. The Hall–Kier alpha value is -3.93. The highest BCUT2D eigenvalue weighted by atomic mass is 19.1. The second-order valence-corrected chi connectivity index (χ2v) is 6.58. The summed E-state index contributed by atoms with van der Waals surface area (Å²) in [4.78, 5) is 25.5. The van der Waals surface area contributed by atoms with Crippen LogP contribution in [0.25, 0.3) is 11.0 Å². The minimum absolute atomic E-state index is 0.0118. The summed E-state index contributed by atoms with van der Waals surface area (Å²) >= 11 is 0. The molecule has 0 aliphatic heterocycles. The van der Waals surface area contributed by atoms with Gasteiger partial charge >= 0.3 is 0 Å². The number of aryl methyl sites for hydroxylation is 1. The molecule has 0 saturated carbocycles. The topological polar surface area (TPSA) is 71.3 Å². The highest BCUT2D eigenvalue weighted by Crippen LogP contribution is 2.32. The van der Waals surface area contributed by atoms with Crippen molar-refractivity contribution >= 4 is 34.2 Å². The van der Waals surface area contributed by atoms with Gasteiger partial charge in [0.25, 0.3) is 11.8 Å². The van der Waals surface area contributed by atoms with Crippen molar-refractivity contribution in [2.75, 3.05) is 10.6 Å². The SMILES string of the molecule is Cc1ccc(NC(=O)c2oc3ccccc3c2NC(=O)c2ccc(F)cc2)cc1. The van der Waals surface area contributed by atoms with Gasteiger partial charge in [-0.3, -0.25) is 9.59 Å². The third-order valence-electron chi connectivity index (χ3n) is 4.46. The van der Waals surface area contributed by atoms with Gasteiger partial charge in [0.1, 0.15) is 17.1 Å². The predicted molar refractivity (Wildman–Crippen MR) is 110 cm³/mol. The fraction of sp³-hybridized carbons (Fsp3) is 0.0435. The van der Waals surface area contributed by atoms with Crippen LogP contribution in [0, 0.1) is 12.7 Å². The zero-order chi connectivity index (χ0) is 20.4. The lowest BCUT2D eigenvalue weighted by Gasteiger charge is -2.08. The quantitative estimate of drug-likeness (QED) is 0.493. The summed E-state index contributed by atoms with van der Waals surface area (Å²) in [7, 11) is 0. The zero-order valence-corrected chi connectivity index (χ0v) is 15.5. The van der Waals surface area contributed by atoms with Crippen LogP contribution >= 0.6 is 0 Å². The molecule has 0 atom stereocenters. The van der Waals surface area contributed by atoms with Crippen molar-refractivity contribution in [3.05, 3.63) is 95.5 Å². The average Bonchev–Trinajstić information content (AvgIpc) is 3.09. The Bertz CT molecular complexity index is 1200. The Labute approximate surface area is 166 Å². The van der Waals surface area contributed by atoms with E-state index in [-0.39, 0.29) is 17.0 Å². The van der Waals surface area contributed by atoms with Crippen molar-refractivity contribution in [3.8, 4) is 0 Å². The molecular formula is C23H17FN2O3. The number of hydrogen-bond donors (Lipinski definition) is 2. The molecule has 1 aromatic heterocycles. The predicted octanol–water partition coefficient (Wildman–Crippen LogP) is 5.38. The van der Waals surface area contributed by atoms with Gasteiger partial charge in [0.2, 0.25) is 5.76 Å². The fourth-order valence-electron chi connectivity index (χ4n) is 2.94. The normalized spacial score (nSPS) is 10.7. The van der Waals surface area contributed by atoms with Gasteiger partial charge in [-0.15, -0.1) is 0 Å². The molecule has 0 unspecified atom stereocenters. The van der Waals surface area contributed by atoms with Crippen LogP contribution in [0.4, 0.5) is 15.8 Å². The van der Waals surface area contributed by atoms with Crippen molar-refractivity contribution in [2.45, 2.75) is 6.92 Å². The molecule has 0 bridgehead atoms. The highest BCUT2D eigenvalue weighted by Gasteiger charge is 2.23. The molecule has 2 N–H and O–H groups in total. The highest BCUT2D eigenvalue weighted by molar-refractivity contribution is 6.16. The molecule has 0 aliphatic carbocycles. The van der Waals surface area contributed by atoms with E-state index in [0.29, 0.717) is 16.7 Å². The number of furan rings is 1. The van der Waals surface area contributed by atoms with Gasteiger partial charge in [-0.1, -0.05) is 29.8 Å². The van der Waals surface area contributed by atoms with E-state index in [1.807, 2.05) is 19.1 Å². The monoisotopic (exact) mass is 388 g/mol. The first kappa shape index (κ1) is 18.4. The third kappa shape index (κ3) is 3.87. The van der Waals surface area contributed by atoms with Crippen molar-refractivity contribution in [2.24, 2.45) is 0 Å². The number of carbonyl (C=O) groups excluding carboxylic acids is 2. The number of hydrogen-bond acceptors (Lipinski definition) is 3. The summed E-state index contributed by atoms with van der Waals surface area (Å²) in [5.41, 5.74) is 2.67. The van der Waals surface area contributed by atoms with Crippen LogP contribution in [-0.4, -0.2) is 11.8 Å². The molecule has 2 amide bonds. The molecule has 0 radical (unpaired) electrons. The smallest absolute Gasteiger partial charge is 0.293 e. The largest absolute Gasteiger partial charge is 0.449 e. The minimum Gasteiger partial charge on any atom is -0.449 e. The molecule has 1 heterocycles.